The molecule has 5 rings (SSSR count). The van der Waals surface area contributed by atoms with Gasteiger partial charge >= 0.3 is 0 Å². The highest BCUT2D eigenvalue weighted by atomic mass is 79.9. The Kier molecular flexibility index (Phi) is 5.99. The Labute approximate surface area is 178 Å². The van der Waals surface area contributed by atoms with Gasteiger partial charge in [0.05, 0.1) is 18.4 Å². The predicted octanol–water partition coefficient (Wildman–Crippen LogP) is 4.46. The number of hydrogen-bond donors (Lipinski definition) is 0. The first-order chi connectivity index (χ1) is 13.4. The molecule has 3 aromatic carbocycles. The number of ether oxygens (including phenoxy) is 2. The van der Waals surface area contributed by atoms with Crippen LogP contribution in [0.1, 0.15) is 12.8 Å². The maximum atomic E-state index is 6.03. The van der Waals surface area contributed by atoms with E-state index in [4.69, 9.17) is 9.47 Å². The van der Waals surface area contributed by atoms with Crippen molar-refractivity contribution in [3.05, 3.63) is 91.0 Å². The Hall–Kier alpha value is -1.51. The lowest BCUT2D eigenvalue weighted by Crippen LogP contribution is -2.34. The second-order valence-corrected chi connectivity index (χ2v) is 11.0. The molecule has 2 aliphatic rings. The van der Waals surface area contributed by atoms with Gasteiger partial charge in [-0.3, -0.25) is 0 Å². The lowest BCUT2D eigenvalue weighted by Gasteiger charge is -2.28. The zero-order valence-electron chi connectivity index (χ0n) is 15.7. The maximum absolute atomic E-state index is 6.03. The summed E-state index contributed by atoms with van der Waals surface area (Å²) in [4.78, 5) is 0. The third-order valence-electron chi connectivity index (χ3n) is 5.62. The lowest BCUT2D eigenvalue weighted by atomic mass is 10.3. The van der Waals surface area contributed by atoms with Crippen molar-refractivity contribution >= 4 is 40.2 Å². The van der Waals surface area contributed by atoms with E-state index in [9.17, 15) is 0 Å². The summed E-state index contributed by atoms with van der Waals surface area (Å²) in [6.07, 6.45) is 3.71. The van der Waals surface area contributed by atoms with E-state index in [-0.39, 0.29) is 23.3 Å². The van der Waals surface area contributed by atoms with Crippen molar-refractivity contribution in [1.29, 1.82) is 0 Å². The maximum Gasteiger partial charge on any atom is 0.162 e. The van der Waals surface area contributed by atoms with Crippen molar-refractivity contribution in [2.75, 3.05) is 6.16 Å². The Morgan fingerprint density at radius 3 is 1.43 bits per heavy atom. The van der Waals surface area contributed by atoms with Crippen LogP contribution in [0.25, 0.3) is 0 Å². The molecule has 1 aliphatic heterocycles. The first-order valence-corrected chi connectivity index (χ1v) is 11.7. The fraction of sp³-hybridized carbons (Fsp3) is 0.250. The van der Waals surface area contributed by atoms with Crippen molar-refractivity contribution in [3.63, 3.8) is 0 Å². The molecular formula is C24H25BrO2P+. The molecule has 2 fully saturated rings. The average molecular weight is 456 g/mol. The molecule has 144 valence electrons. The number of rotatable bonds is 6. The minimum absolute atomic E-state index is 0. The standard InChI is InChI=1S/C24H24O2P.BrH/c1-4-10-19(11-5-1)27(20-12-6-2-7-13-20,21-14-8-3-9-15-21)17-16-24-25-22-18-23(22)26-24;/h1-15,22-24H,16-18H2;1H/q+1;. The second kappa shape index (κ2) is 8.47. The quantitative estimate of drug-likeness (QED) is 0.510. The first kappa shape index (κ1) is 19.8. The molecule has 0 spiro atoms. The van der Waals surface area contributed by atoms with Crippen LogP contribution in [0.3, 0.4) is 0 Å². The molecule has 0 N–H and O–H groups in total. The van der Waals surface area contributed by atoms with Gasteiger partial charge in [0.2, 0.25) is 0 Å². The Balaban J connectivity index is 0.00000192. The molecule has 1 aliphatic carbocycles. The molecule has 3 aromatic rings. The molecule has 2 unspecified atom stereocenters. The smallest absolute Gasteiger partial charge is 0.162 e. The van der Waals surface area contributed by atoms with E-state index in [1.807, 2.05) is 0 Å². The van der Waals surface area contributed by atoms with E-state index < -0.39 is 7.26 Å². The second-order valence-electron chi connectivity index (χ2n) is 7.34. The highest BCUT2D eigenvalue weighted by molar-refractivity contribution is 8.93. The molecule has 0 bridgehead atoms. The number of hydrogen-bond acceptors (Lipinski definition) is 2. The molecule has 1 saturated heterocycles. The molecular weight excluding hydrogens is 431 g/mol. The highest BCUT2D eigenvalue weighted by Crippen LogP contribution is 2.56. The van der Waals surface area contributed by atoms with Gasteiger partial charge < -0.3 is 9.47 Å². The largest absolute Gasteiger partial charge is 0.346 e. The molecule has 0 radical (unpaired) electrons. The molecule has 4 heteroatoms. The van der Waals surface area contributed by atoms with Crippen molar-refractivity contribution in [1.82, 2.24) is 0 Å². The van der Waals surface area contributed by atoms with Crippen LogP contribution in [0.4, 0.5) is 0 Å². The third kappa shape index (κ3) is 3.69. The monoisotopic (exact) mass is 455 g/mol. The van der Waals surface area contributed by atoms with Crippen molar-refractivity contribution in [2.24, 2.45) is 0 Å². The molecule has 0 aromatic heterocycles. The van der Waals surface area contributed by atoms with Crippen LogP contribution >= 0.6 is 24.2 Å². The summed E-state index contributed by atoms with van der Waals surface area (Å²) in [5.74, 6) is 0. The summed E-state index contributed by atoms with van der Waals surface area (Å²) >= 11 is 0. The van der Waals surface area contributed by atoms with Gasteiger partial charge in [-0.25, -0.2) is 0 Å². The van der Waals surface area contributed by atoms with Crippen molar-refractivity contribution in [3.8, 4) is 0 Å². The van der Waals surface area contributed by atoms with Crippen LogP contribution in [0.15, 0.2) is 91.0 Å². The van der Waals surface area contributed by atoms with Crippen LogP contribution < -0.4 is 15.9 Å². The minimum Gasteiger partial charge on any atom is -0.346 e. The van der Waals surface area contributed by atoms with E-state index in [0.717, 1.165) is 19.0 Å². The van der Waals surface area contributed by atoms with Crippen LogP contribution in [0.2, 0.25) is 0 Å². The SMILES string of the molecule is Br.c1ccc([P+](CCC2OC3CC3O2)(c2ccccc2)c2ccccc2)cc1. The van der Waals surface area contributed by atoms with Gasteiger partial charge in [0, 0.05) is 12.8 Å². The van der Waals surface area contributed by atoms with Crippen LogP contribution in [0, 0.1) is 0 Å². The summed E-state index contributed by atoms with van der Waals surface area (Å²) in [7, 11) is -1.77. The van der Waals surface area contributed by atoms with Gasteiger partial charge in [0.25, 0.3) is 0 Å². The summed E-state index contributed by atoms with van der Waals surface area (Å²) in [5.41, 5.74) is 0. The van der Waals surface area contributed by atoms with E-state index in [0.29, 0.717) is 12.2 Å². The molecule has 2 nitrogen and oxygen atoms in total. The summed E-state index contributed by atoms with van der Waals surface area (Å²) in [5, 5.41) is 4.27. The third-order valence-corrected chi connectivity index (χ3v) is 10.1. The summed E-state index contributed by atoms with van der Waals surface area (Å²) < 4.78 is 12.1. The number of halogens is 1. The van der Waals surface area contributed by atoms with Gasteiger partial charge in [0.15, 0.2) is 6.29 Å². The van der Waals surface area contributed by atoms with Gasteiger partial charge in [-0.15, -0.1) is 17.0 Å². The van der Waals surface area contributed by atoms with Gasteiger partial charge in [0.1, 0.15) is 23.2 Å². The van der Waals surface area contributed by atoms with Crippen LogP contribution in [-0.2, 0) is 9.47 Å². The minimum atomic E-state index is -1.77. The van der Waals surface area contributed by atoms with Crippen LogP contribution in [-0.4, -0.2) is 24.7 Å². The topological polar surface area (TPSA) is 18.5 Å². The predicted molar refractivity (Wildman–Crippen MR) is 123 cm³/mol. The van der Waals surface area contributed by atoms with Crippen molar-refractivity contribution < 1.29 is 9.47 Å². The molecule has 0 amide bonds. The molecule has 2 atom stereocenters. The Bertz CT molecular complexity index is 782. The lowest BCUT2D eigenvalue weighted by molar-refractivity contribution is -0.0868. The number of benzene rings is 3. The number of fused-ring (bicyclic) bond motifs is 1. The Morgan fingerprint density at radius 2 is 1.04 bits per heavy atom. The van der Waals surface area contributed by atoms with E-state index >= 15 is 0 Å². The fourth-order valence-electron chi connectivity index (χ4n) is 4.18. The van der Waals surface area contributed by atoms with Gasteiger partial charge in [-0.05, 0) is 36.4 Å². The molecule has 1 heterocycles. The zero-order valence-corrected chi connectivity index (χ0v) is 18.3. The van der Waals surface area contributed by atoms with E-state index in [1.54, 1.807) is 0 Å². The van der Waals surface area contributed by atoms with Gasteiger partial charge in [-0.1, -0.05) is 54.6 Å². The molecule has 28 heavy (non-hydrogen) atoms. The summed E-state index contributed by atoms with van der Waals surface area (Å²) in [6.45, 7) is 0. The zero-order chi connectivity index (χ0) is 18.1. The molecule has 1 saturated carbocycles. The Morgan fingerprint density at radius 1 is 0.643 bits per heavy atom. The van der Waals surface area contributed by atoms with Crippen LogP contribution in [0.5, 0.6) is 0 Å². The fourth-order valence-corrected chi connectivity index (χ4v) is 8.49. The first-order valence-electron chi connectivity index (χ1n) is 9.72. The highest BCUT2D eigenvalue weighted by Gasteiger charge is 2.51. The van der Waals surface area contributed by atoms with Gasteiger partial charge in [-0.2, -0.15) is 0 Å². The van der Waals surface area contributed by atoms with Crippen molar-refractivity contribution in [2.45, 2.75) is 31.3 Å². The average Bonchev–Trinajstić information content (AvgIpc) is 3.36. The summed E-state index contributed by atoms with van der Waals surface area (Å²) in [6, 6.07) is 33.0. The van der Waals surface area contributed by atoms with E-state index in [2.05, 4.69) is 91.0 Å². The normalized spacial score (nSPS) is 22.9. The van der Waals surface area contributed by atoms with E-state index in [1.165, 1.54) is 15.9 Å².